The molecule has 0 amide bonds. The van der Waals surface area contributed by atoms with Gasteiger partial charge in [-0.3, -0.25) is 9.36 Å². The minimum absolute atomic E-state index is 0.0485. The van der Waals surface area contributed by atoms with Gasteiger partial charge in [0.2, 0.25) is 0 Å². The SMILES string of the molecule is O=C(CSc1nccn1-c1ccccc1)c1ccc(F)cc1. The van der Waals surface area contributed by atoms with Crippen LogP contribution in [0.15, 0.2) is 72.1 Å². The monoisotopic (exact) mass is 312 g/mol. The van der Waals surface area contributed by atoms with Crippen molar-refractivity contribution in [3.8, 4) is 5.69 Å². The van der Waals surface area contributed by atoms with Crippen LogP contribution in [-0.4, -0.2) is 21.1 Å². The molecule has 0 spiro atoms. The minimum Gasteiger partial charge on any atom is -0.295 e. The zero-order valence-corrected chi connectivity index (χ0v) is 12.5. The fourth-order valence-corrected chi connectivity index (χ4v) is 2.90. The number of ketones is 1. The molecule has 1 aromatic heterocycles. The molecule has 0 saturated heterocycles. The Hall–Kier alpha value is -2.40. The van der Waals surface area contributed by atoms with Crippen LogP contribution in [0, 0.1) is 5.82 Å². The smallest absolute Gasteiger partial charge is 0.173 e. The Morgan fingerprint density at radius 1 is 1.09 bits per heavy atom. The number of benzene rings is 2. The lowest BCUT2D eigenvalue weighted by Crippen LogP contribution is -2.04. The van der Waals surface area contributed by atoms with Gasteiger partial charge in [-0.15, -0.1) is 0 Å². The van der Waals surface area contributed by atoms with E-state index in [-0.39, 0.29) is 17.4 Å². The maximum Gasteiger partial charge on any atom is 0.173 e. The molecule has 1 heterocycles. The van der Waals surface area contributed by atoms with Gasteiger partial charge in [-0.2, -0.15) is 0 Å². The van der Waals surface area contributed by atoms with Crippen molar-refractivity contribution in [1.29, 1.82) is 0 Å². The van der Waals surface area contributed by atoms with Gasteiger partial charge in [0.25, 0.3) is 0 Å². The van der Waals surface area contributed by atoms with Crippen molar-refractivity contribution >= 4 is 17.5 Å². The molecule has 0 radical (unpaired) electrons. The summed E-state index contributed by atoms with van der Waals surface area (Å²) in [5, 5.41) is 0.752. The van der Waals surface area contributed by atoms with Crippen molar-refractivity contribution in [2.24, 2.45) is 0 Å². The Morgan fingerprint density at radius 2 is 1.82 bits per heavy atom. The number of Topliss-reactive ketones (excluding diaryl/α,β-unsaturated/α-hetero) is 1. The molecule has 3 aromatic rings. The summed E-state index contributed by atoms with van der Waals surface area (Å²) in [5.41, 5.74) is 1.50. The summed E-state index contributed by atoms with van der Waals surface area (Å²) in [6.07, 6.45) is 3.57. The van der Waals surface area contributed by atoms with Crippen LogP contribution in [0.5, 0.6) is 0 Å². The van der Waals surface area contributed by atoms with Gasteiger partial charge in [0.1, 0.15) is 5.82 Å². The van der Waals surface area contributed by atoms with E-state index in [0.29, 0.717) is 5.56 Å². The fraction of sp³-hybridized carbons (Fsp3) is 0.0588. The molecular formula is C17H13FN2OS. The lowest BCUT2D eigenvalue weighted by Gasteiger charge is -2.07. The van der Waals surface area contributed by atoms with Crippen molar-refractivity contribution in [3.05, 3.63) is 78.4 Å². The van der Waals surface area contributed by atoms with E-state index in [1.54, 1.807) is 6.20 Å². The normalized spacial score (nSPS) is 10.6. The number of nitrogens with zero attached hydrogens (tertiary/aromatic N) is 2. The highest BCUT2D eigenvalue weighted by atomic mass is 32.2. The van der Waals surface area contributed by atoms with Crippen molar-refractivity contribution in [3.63, 3.8) is 0 Å². The van der Waals surface area contributed by atoms with E-state index in [1.165, 1.54) is 36.0 Å². The van der Waals surface area contributed by atoms with Crippen molar-refractivity contribution < 1.29 is 9.18 Å². The Labute approximate surface area is 131 Å². The summed E-state index contributed by atoms with van der Waals surface area (Å²) in [7, 11) is 0. The lowest BCUT2D eigenvalue weighted by molar-refractivity contribution is 0.102. The number of imidazole rings is 1. The lowest BCUT2D eigenvalue weighted by atomic mass is 10.1. The molecule has 3 rings (SSSR count). The Bertz CT molecular complexity index is 769. The molecule has 0 N–H and O–H groups in total. The number of carbonyl (C=O) groups is 1. The average Bonchev–Trinajstić information content (AvgIpc) is 3.02. The van der Waals surface area contributed by atoms with Crippen LogP contribution >= 0.6 is 11.8 Å². The second-order valence-electron chi connectivity index (χ2n) is 4.63. The third kappa shape index (κ3) is 3.26. The molecule has 22 heavy (non-hydrogen) atoms. The molecule has 0 fully saturated rings. The largest absolute Gasteiger partial charge is 0.295 e. The van der Waals surface area contributed by atoms with Crippen LogP contribution in [0.3, 0.4) is 0 Å². The standard InChI is InChI=1S/C17H13FN2OS/c18-14-8-6-13(7-9-14)16(21)12-22-17-19-10-11-20(17)15-4-2-1-3-5-15/h1-11H,12H2. The zero-order chi connectivity index (χ0) is 15.4. The van der Waals surface area contributed by atoms with Gasteiger partial charge in [-0.25, -0.2) is 9.37 Å². The number of hydrogen-bond acceptors (Lipinski definition) is 3. The molecule has 2 aromatic carbocycles. The van der Waals surface area contributed by atoms with Crippen molar-refractivity contribution in [1.82, 2.24) is 9.55 Å². The molecule has 5 heteroatoms. The highest BCUT2D eigenvalue weighted by molar-refractivity contribution is 7.99. The van der Waals surface area contributed by atoms with Gasteiger partial charge in [0.15, 0.2) is 10.9 Å². The molecule has 0 bridgehead atoms. The molecule has 3 nitrogen and oxygen atoms in total. The van der Waals surface area contributed by atoms with Crippen LogP contribution < -0.4 is 0 Å². The topological polar surface area (TPSA) is 34.9 Å². The van der Waals surface area contributed by atoms with E-state index in [4.69, 9.17) is 0 Å². The molecular weight excluding hydrogens is 299 g/mol. The Morgan fingerprint density at radius 3 is 2.55 bits per heavy atom. The summed E-state index contributed by atoms with van der Waals surface area (Å²) in [4.78, 5) is 16.4. The maximum absolute atomic E-state index is 12.9. The number of aromatic nitrogens is 2. The van der Waals surface area contributed by atoms with Crippen LogP contribution in [-0.2, 0) is 0 Å². The number of hydrogen-bond donors (Lipinski definition) is 0. The van der Waals surface area contributed by atoms with Gasteiger partial charge in [0.05, 0.1) is 5.75 Å². The second-order valence-corrected chi connectivity index (χ2v) is 5.58. The number of carbonyl (C=O) groups excluding carboxylic acids is 1. The minimum atomic E-state index is -0.344. The number of thioether (sulfide) groups is 1. The Balaban J connectivity index is 1.71. The summed E-state index contributed by atoms with van der Waals surface area (Å²) >= 11 is 1.36. The molecule has 0 aliphatic carbocycles. The van der Waals surface area contributed by atoms with E-state index >= 15 is 0 Å². The summed E-state index contributed by atoms with van der Waals surface area (Å²) < 4.78 is 14.8. The van der Waals surface area contributed by atoms with Crippen molar-refractivity contribution in [2.75, 3.05) is 5.75 Å². The predicted molar refractivity (Wildman–Crippen MR) is 85.0 cm³/mol. The molecule has 0 unspecified atom stereocenters. The third-order valence-corrected chi connectivity index (χ3v) is 4.11. The molecule has 0 aliphatic rings. The highest BCUT2D eigenvalue weighted by Gasteiger charge is 2.10. The number of para-hydroxylation sites is 1. The van der Waals surface area contributed by atoms with Crippen molar-refractivity contribution in [2.45, 2.75) is 5.16 Å². The van der Waals surface area contributed by atoms with E-state index in [0.717, 1.165) is 10.8 Å². The summed E-state index contributed by atoms with van der Waals surface area (Å²) in [6, 6.07) is 15.4. The highest BCUT2D eigenvalue weighted by Crippen LogP contribution is 2.21. The number of halogens is 1. The van der Waals surface area contributed by atoms with Gasteiger partial charge < -0.3 is 0 Å². The maximum atomic E-state index is 12.9. The number of rotatable bonds is 5. The first-order valence-corrected chi connectivity index (χ1v) is 7.73. The van der Waals surface area contributed by atoms with Crippen LogP contribution in [0.2, 0.25) is 0 Å². The summed E-state index contributed by atoms with van der Waals surface area (Å²) in [5.74, 6) is -0.133. The summed E-state index contributed by atoms with van der Waals surface area (Å²) in [6.45, 7) is 0. The quantitative estimate of drug-likeness (QED) is 0.528. The van der Waals surface area contributed by atoms with E-state index in [1.807, 2.05) is 41.1 Å². The fourth-order valence-electron chi connectivity index (χ4n) is 2.03. The predicted octanol–water partition coefficient (Wildman–Crippen LogP) is 3.99. The molecule has 0 aliphatic heterocycles. The Kier molecular flexibility index (Phi) is 4.34. The first-order valence-electron chi connectivity index (χ1n) is 6.74. The van der Waals surface area contributed by atoms with Gasteiger partial charge in [0, 0.05) is 23.6 Å². The van der Waals surface area contributed by atoms with E-state index in [2.05, 4.69) is 4.98 Å². The van der Waals surface area contributed by atoms with Gasteiger partial charge in [-0.05, 0) is 36.4 Å². The average molecular weight is 312 g/mol. The van der Waals surface area contributed by atoms with Crippen LogP contribution in [0.4, 0.5) is 4.39 Å². The van der Waals surface area contributed by atoms with E-state index in [9.17, 15) is 9.18 Å². The van der Waals surface area contributed by atoms with E-state index < -0.39 is 0 Å². The van der Waals surface area contributed by atoms with Gasteiger partial charge in [-0.1, -0.05) is 30.0 Å². The van der Waals surface area contributed by atoms with Crippen LogP contribution in [0.25, 0.3) is 5.69 Å². The first kappa shape index (κ1) is 14.5. The molecule has 0 saturated carbocycles. The van der Waals surface area contributed by atoms with Crippen LogP contribution in [0.1, 0.15) is 10.4 Å². The second kappa shape index (κ2) is 6.58. The molecule has 0 atom stereocenters. The first-order chi connectivity index (χ1) is 10.7. The molecule has 110 valence electrons. The zero-order valence-electron chi connectivity index (χ0n) is 11.6. The van der Waals surface area contributed by atoms with Gasteiger partial charge >= 0.3 is 0 Å². The third-order valence-electron chi connectivity index (χ3n) is 3.14.